The van der Waals surface area contributed by atoms with E-state index in [0.29, 0.717) is 44.0 Å². The Balaban J connectivity index is 1.86. The Labute approximate surface area is 206 Å². The molecule has 0 heterocycles. The molecule has 32 heavy (non-hydrogen) atoms. The molecule has 0 spiro atoms. The van der Waals surface area contributed by atoms with E-state index in [0.717, 1.165) is 15.6 Å². The number of aryl methyl sites for hydroxylation is 1. The fourth-order valence-corrected chi connectivity index (χ4v) is 3.75. The maximum absolute atomic E-state index is 9.76. The molecule has 3 N–H and O–H groups in total. The smallest absolute Gasteiger partial charge is 0.127 e. The largest absolute Gasteiger partial charge is 0.488 e. The Morgan fingerprint density at radius 2 is 1.97 bits per heavy atom. The predicted molar refractivity (Wildman–Crippen MR) is 137 cm³/mol. The second-order valence-corrected chi connectivity index (χ2v) is 8.83. The number of rotatable bonds is 7. The van der Waals surface area contributed by atoms with Crippen molar-refractivity contribution in [1.29, 1.82) is 5.26 Å². The summed E-state index contributed by atoms with van der Waals surface area (Å²) in [6.07, 6.45) is 1.71. The van der Waals surface area contributed by atoms with Gasteiger partial charge in [-0.25, -0.2) is 0 Å². The number of nitrogen functional groups attached to an aromatic ring is 1. The second-order valence-electron chi connectivity index (χ2n) is 7.07. The van der Waals surface area contributed by atoms with Crippen LogP contribution >= 0.6 is 39.1 Å². The lowest BCUT2D eigenvalue weighted by molar-refractivity contribution is 0.305. The van der Waals surface area contributed by atoms with Crippen LogP contribution in [0.3, 0.4) is 0 Å². The van der Waals surface area contributed by atoms with Crippen LogP contribution in [-0.4, -0.2) is 0 Å². The van der Waals surface area contributed by atoms with Gasteiger partial charge in [0.25, 0.3) is 0 Å². The van der Waals surface area contributed by atoms with Crippen LogP contribution in [0.2, 0.25) is 10.0 Å². The number of nitriles is 1. The van der Waals surface area contributed by atoms with E-state index in [1.165, 1.54) is 0 Å². The number of ether oxygens (including phenoxy) is 1. The Morgan fingerprint density at radius 1 is 1.19 bits per heavy atom. The van der Waals surface area contributed by atoms with Crippen LogP contribution in [-0.2, 0) is 6.61 Å². The first kappa shape index (κ1) is 23.7. The number of nitrogens with zero attached hydrogens (tertiary/aromatic N) is 1. The summed E-state index contributed by atoms with van der Waals surface area (Å²) in [7, 11) is 0. The molecule has 162 valence electrons. The van der Waals surface area contributed by atoms with Gasteiger partial charge < -0.3 is 15.8 Å². The standard InChI is InChI=1S/C25H20BrCl2N3O/c1-15-3-7-23(30)24(9-15)31-16(2)19(13-29)10-18-11-20(26)5-8-25(18)32-14-17-4-6-21(27)12-22(17)28/h3-12,31H,2,14,30H2,1H3/b19-10+. The van der Waals surface area contributed by atoms with Gasteiger partial charge in [0, 0.05) is 31.3 Å². The van der Waals surface area contributed by atoms with Crippen LogP contribution in [0.15, 0.2) is 76.9 Å². The lowest BCUT2D eigenvalue weighted by Gasteiger charge is -2.14. The zero-order chi connectivity index (χ0) is 23.3. The highest BCUT2D eigenvalue weighted by atomic mass is 79.9. The minimum atomic E-state index is 0.249. The minimum Gasteiger partial charge on any atom is -0.488 e. The van der Waals surface area contributed by atoms with Gasteiger partial charge in [-0.05, 0) is 61.0 Å². The van der Waals surface area contributed by atoms with Gasteiger partial charge in [-0.2, -0.15) is 5.26 Å². The molecule has 3 aromatic rings. The number of halogens is 3. The number of benzene rings is 3. The van der Waals surface area contributed by atoms with Crippen molar-refractivity contribution < 1.29 is 4.74 Å². The molecule has 0 aromatic heterocycles. The summed E-state index contributed by atoms with van der Waals surface area (Å²) >= 11 is 15.7. The third-order valence-electron chi connectivity index (χ3n) is 4.61. The van der Waals surface area contributed by atoms with Gasteiger partial charge in [0.1, 0.15) is 18.4 Å². The highest BCUT2D eigenvalue weighted by Crippen LogP contribution is 2.30. The van der Waals surface area contributed by atoms with Gasteiger partial charge in [0.05, 0.1) is 16.9 Å². The van der Waals surface area contributed by atoms with E-state index in [1.54, 1.807) is 18.2 Å². The molecule has 0 bridgehead atoms. The van der Waals surface area contributed by atoms with Crippen molar-refractivity contribution in [3.8, 4) is 11.8 Å². The van der Waals surface area contributed by atoms with Crippen molar-refractivity contribution in [1.82, 2.24) is 0 Å². The molecule has 0 unspecified atom stereocenters. The molecular formula is C25H20BrCl2N3O. The van der Waals surface area contributed by atoms with Gasteiger partial charge in [0.2, 0.25) is 0 Å². The SMILES string of the molecule is C=C(Nc1cc(C)ccc1N)/C(C#N)=C/c1cc(Br)ccc1OCc1ccc(Cl)cc1Cl. The van der Waals surface area contributed by atoms with Crippen LogP contribution in [0.1, 0.15) is 16.7 Å². The van der Waals surface area contributed by atoms with E-state index in [2.05, 4.69) is 33.9 Å². The first-order valence-corrected chi connectivity index (χ1v) is 11.1. The lowest BCUT2D eigenvalue weighted by Crippen LogP contribution is -2.04. The van der Waals surface area contributed by atoms with Crippen molar-refractivity contribution in [2.24, 2.45) is 0 Å². The third-order valence-corrected chi connectivity index (χ3v) is 5.69. The van der Waals surface area contributed by atoms with Crippen molar-refractivity contribution in [3.05, 3.63) is 104 Å². The highest BCUT2D eigenvalue weighted by molar-refractivity contribution is 9.10. The maximum Gasteiger partial charge on any atom is 0.127 e. The number of hydrogen-bond donors (Lipinski definition) is 2. The first-order valence-electron chi connectivity index (χ1n) is 9.57. The molecule has 0 saturated carbocycles. The topological polar surface area (TPSA) is 71.1 Å². The summed E-state index contributed by atoms with van der Waals surface area (Å²) in [6.45, 7) is 6.23. The average Bonchev–Trinajstić information content (AvgIpc) is 2.75. The molecular weight excluding hydrogens is 509 g/mol. The Bertz CT molecular complexity index is 1250. The van der Waals surface area contributed by atoms with Crippen molar-refractivity contribution in [2.75, 3.05) is 11.1 Å². The fourth-order valence-electron chi connectivity index (χ4n) is 2.91. The van der Waals surface area contributed by atoms with Crippen LogP contribution in [0, 0.1) is 18.3 Å². The van der Waals surface area contributed by atoms with Crippen LogP contribution in [0.5, 0.6) is 5.75 Å². The number of anilines is 2. The fraction of sp³-hybridized carbons (Fsp3) is 0.0800. The highest BCUT2D eigenvalue weighted by Gasteiger charge is 2.10. The van der Waals surface area contributed by atoms with Gasteiger partial charge in [-0.3, -0.25) is 0 Å². The van der Waals surface area contributed by atoms with Crippen LogP contribution in [0.4, 0.5) is 11.4 Å². The number of allylic oxidation sites excluding steroid dienone is 1. The molecule has 3 aromatic carbocycles. The van der Waals surface area contributed by atoms with Crippen LogP contribution in [0.25, 0.3) is 6.08 Å². The predicted octanol–water partition coefficient (Wildman–Crippen LogP) is 7.76. The van der Waals surface area contributed by atoms with E-state index in [1.807, 2.05) is 49.4 Å². The van der Waals surface area contributed by atoms with Gasteiger partial charge in [-0.15, -0.1) is 0 Å². The number of nitrogens with one attached hydrogen (secondary N) is 1. The second kappa shape index (κ2) is 10.6. The zero-order valence-corrected chi connectivity index (χ0v) is 20.4. The summed E-state index contributed by atoms with van der Waals surface area (Å²) in [5.74, 6) is 0.592. The monoisotopic (exact) mass is 527 g/mol. The Hall–Kier alpha value is -2.91. The molecule has 4 nitrogen and oxygen atoms in total. The first-order chi connectivity index (χ1) is 15.3. The zero-order valence-electron chi connectivity index (χ0n) is 17.3. The summed E-state index contributed by atoms with van der Waals surface area (Å²) in [5, 5.41) is 14.0. The van der Waals surface area contributed by atoms with Gasteiger partial charge in [0.15, 0.2) is 0 Å². The molecule has 0 aliphatic carbocycles. The Morgan fingerprint density at radius 3 is 2.69 bits per heavy atom. The molecule has 0 aliphatic heterocycles. The van der Waals surface area contributed by atoms with Crippen molar-refractivity contribution in [2.45, 2.75) is 13.5 Å². The van der Waals surface area contributed by atoms with E-state index in [-0.39, 0.29) is 6.61 Å². The van der Waals surface area contributed by atoms with E-state index >= 15 is 0 Å². The van der Waals surface area contributed by atoms with Crippen molar-refractivity contribution >= 4 is 56.6 Å². The Kier molecular flexibility index (Phi) is 7.87. The van der Waals surface area contributed by atoms with Crippen LogP contribution < -0.4 is 15.8 Å². The van der Waals surface area contributed by atoms with Gasteiger partial charge >= 0.3 is 0 Å². The number of nitrogens with two attached hydrogens (primary N) is 1. The molecule has 7 heteroatoms. The third kappa shape index (κ3) is 6.08. The van der Waals surface area contributed by atoms with E-state index in [9.17, 15) is 5.26 Å². The molecule has 0 saturated heterocycles. The summed E-state index contributed by atoms with van der Waals surface area (Å²) in [6, 6.07) is 18.6. The summed E-state index contributed by atoms with van der Waals surface area (Å²) < 4.78 is 6.85. The quantitative estimate of drug-likeness (QED) is 0.187. The minimum absolute atomic E-state index is 0.249. The molecule has 3 rings (SSSR count). The lowest BCUT2D eigenvalue weighted by atomic mass is 10.1. The van der Waals surface area contributed by atoms with E-state index in [4.69, 9.17) is 33.7 Å². The molecule has 0 aliphatic rings. The average molecular weight is 529 g/mol. The van der Waals surface area contributed by atoms with E-state index < -0.39 is 0 Å². The number of hydrogen-bond acceptors (Lipinski definition) is 4. The summed E-state index contributed by atoms with van der Waals surface area (Å²) in [5.41, 5.74) is 10.6. The normalized spacial score (nSPS) is 11.0. The maximum atomic E-state index is 9.76. The molecule has 0 fully saturated rings. The summed E-state index contributed by atoms with van der Waals surface area (Å²) in [4.78, 5) is 0. The van der Waals surface area contributed by atoms with Gasteiger partial charge in [-0.1, -0.05) is 57.8 Å². The van der Waals surface area contributed by atoms with Crippen molar-refractivity contribution in [3.63, 3.8) is 0 Å². The molecule has 0 atom stereocenters. The molecule has 0 radical (unpaired) electrons. The molecule has 0 amide bonds.